The molecule has 2 aliphatic heterocycles. The first-order valence-corrected chi connectivity index (χ1v) is 11.2. The van der Waals surface area contributed by atoms with Crippen molar-refractivity contribution >= 4 is 11.7 Å². The molecule has 1 aromatic heterocycles. The highest BCUT2D eigenvalue weighted by Gasteiger charge is 2.32. The summed E-state index contributed by atoms with van der Waals surface area (Å²) < 4.78 is 39.5. The largest absolute Gasteiger partial charge is 0.416 e. The van der Waals surface area contributed by atoms with E-state index in [9.17, 15) is 23.1 Å². The number of benzene rings is 1. The minimum atomic E-state index is -4.39. The van der Waals surface area contributed by atoms with Crippen LogP contribution in [-0.2, 0) is 19.1 Å². The fourth-order valence-corrected chi connectivity index (χ4v) is 4.58. The summed E-state index contributed by atoms with van der Waals surface area (Å²) in [5.41, 5.74) is 1.83. The van der Waals surface area contributed by atoms with E-state index in [-0.39, 0.29) is 12.5 Å². The minimum Gasteiger partial charge on any atom is -0.395 e. The van der Waals surface area contributed by atoms with Gasteiger partial charge in [0.25, 0.3) is 5.91 Å². The lowest BCUT2D eigenvalue weighted by Crippen LogP contribution is -2.37. The van der Waals surface area contributed by atoms with Gasteiger partial charge in [-0.3, -0.25) is 9.69 Å². The maximum Gasteiger partial charge on any atom is 0.416 e. The van der Waals surface area contributed by atoms with Gasteiger partial charge >= 0.3 is 6.18 Å². The number of amides is 1. The molecule has 0 bridgehead atoms. The van der Waals surface area contributed by atoms with Gasteiger partial charge in [0, 0.05) is 44.8 Å². The summed E-state index contributed by atoms with van der Waals surface area (Å²) in [5.74, 6) is 0.409. The second kappa shape index (κ2) is 9.64. The standard InChI is InChI=1S/C23H28F3N5O2/c1-16-20(22(33)30-7-2-6-29(9-10-30)11-12-32)27-15-28-21(16)31-8-5-17-3-4-19(23(24,25)26)13-18(17)14-31/h3-4,13,15,32H,2,5-12,14H2,1H3. The Balaban J connectivity index is 1.54. The molecule has 2 aromatic rings. The van der Waals surface area contributed by atoms with E-state index in [0.717, 1.165) is 24.6 Å². The molecule has 33 heavy (non-hydrogen) atoms. The van der Waals surface area contributed by atoms with Crippen molar-refractivity contribution in [3.63, 3.8) is 0 Å². The van der Waals surface area contributed by atoms with Gasteiger partial charge in [-0.15, -0.1) is 0 Å². The molecular weight excluding hydrogens is 435 g/mol. The SMILES string of the molecule is Cc1c(C(=O)N2CCCN(CCO)CC2)ncnc1N1CCc2ccc(C(F)(F)F)cc2C1. The lowest BCUT2D eigenvalue weighted by molar-refractivity contribution is -0.137. The normalized spacial score (nSPS) is 17.6. The fraction of sp³-hybridized carbons (Fsp3) is 0.522. The molecule has 0 spiro atoms. The third kappa shape index (κ3) is 5.11. The summed E-state index contributed by atoms with van der Waals surface area (Å²) in [6.07, 6.45) is -1.62. The number of rotatable bonds is 4. The number of fused-ring (bicyclic) bond motifs is 1. The highest BCUT2D eigenvalue weighted by Crippen LogP contribution is 2.33. The monoisotopic (exact) mass is 463 g/mol. The quantitative estimate of drug-likeness (QED) is 0.751. The van der Waals surface area contributed by atoms with Crippen LogP contribution in [0.5, 0.6) is 0 Å². The zero-order chi connectivity index (χ0) is 23.6. The molecule has 1 N–H and O–H groups in total. The van der Waals surface area contributed by atoms with Crippen LogP contribution in [0.15, 0.2) is 24.5 Å². The van der Waals surface area contributed by atoms with Crippen LogP contribution in [0.2, 0.25) is 0 Å². The van der Waals surface area contributed by atoms with E-state index in [2.05, 4.69) is 14.9 Å². The van der Waals surface area contributed by atoms with Gasteiger partial charge in [-0.25, -0.2) is 9.97 Å². The molecule has 0 atom stereocenters. The van der Waals surface area contributed by atoms with Crippen molar-refractivity contribution in [1.29, 1.82) is 0 Å². The number of aliphatic hydroxyl groups excluding tert-OH is 1. The number of aromatic nitrogens is 2. The molecule has 2 aliphatic rings. The van der Waals surface area contributed by atoms with Crippen molar-refractivity contribution in [3.8, 4) is 0 Å². The molecular formula is C23H28F3N5O2. The molecule has 0 radical (unpaired) electrons. The number of β-amino-alcohol motifs (C(OH)–C–C–N with tert-alkyl or cyclic N) is 1. The van der Waals surface area contributed by atoms with E-state index in [1.807, 2.05) is 4.90 Å². The number of carbonyl (C=O) groups excluding carboxylic acids is 1. The lowest BCUT2D eigenvalue weighted by Gasteiger charge is -2.31. The Morgan fingerprint density at radius 3 is 2.67 bits per heavy atom. The van der Waals surface area contributed by atoms with Gasteiger partial charge < -0.3 is 14.9 Å². The predicted molar refractivity (Wildman–Crippen MR) is 117 cm³/mol. The van der Waals surface area contributed by atoms with Gasteiger partial charge in [0.2, 0.25) is 0 Å². The Labute approximate surface area is 190 Å². The number of nitrogens with zero attached hydrogens (tertiary/aromatic N) is 5. The predicted octanol–water partition coefficient (Wildman–Crippen LogP) is 2.51. The molecule has 3 heterocycles. The van der Waals surface area contributed by atoms with Crippen LogP contribution >= 0.6 is 0 Å². The van der Waals surface area contributed by atoms with E-state index in [1.165, 1.54) is 12.4 Å². The Hall–Kier alpha value is -2.72. The van der Waals surface area contributed by atoms with Crippen LogP contribution in [0, 0.1) is 6.92 Å². The maximum absolute atomic E-state index is 13.3. The molecule has 0 aliphatic carbocycles. The molecule has 1 fully saturated rings. The summed E-state index contributed by atoms with van der Waals surface area (Å²) >= 11 is 0. The number of carbonyl (C=O) groups is 1. The van der Waals surface area contributed by atoms with Crippen molar-refractivity contribution < 1.29 is 23.1 Å². The number of hydrogen-bond donors (Lipinski definition) is 1. The number of halogens is 3. The lowest BCUT2D eigenvalue weighted by atomic mass is 9.97. The average molecular weight is 464 g/mol. The van der Waals surface area contributed by atoms with Gasteiger partial charge in [-0.05, 0) is 49.6 Å². The first-order chi connectivity index (χ1) is 15.8. The number of alkyl halides is 3. The zero-order valence-electron chi connectivity index (χ0n) is 18.6. The summed E-state index contributed by atoms with van der Waals surface area (Å²) in [5, 5.41) is 9.17. The van der Waals surface area contributed by atoms with Crippen LogP contribution in [0.3, 0.4) is 0 Å². The second-order valence-corrected chi connectivity index (χ2v) is 8.53. The van der Waals surface area contributed by atoms with Crippen LogP contribution in [0.4, 0.5) is 19.0 Å². The van der Waals surface area contributed by atoms with Crippen molar-refractivity contribution in [2.45, 2.75) is 32.5 Å². The average Bonchev–Trinajstić information content (AvgIpc) is 3.03. The van der Waals surface area contributed by atoms with Crippen molar-refractivity contribution in [1.82, 2.24) is 19.8 Å². The van der Waals surface area contributed by atoms with Crippen LogP contribution in [0.1, 0.15) is 39.2 Å². The molecule has 1 aromatic carbocycles. The topological polar surface area (TPSA) is 72.8 Å². The van der Waals surface area contributed by atoms with Gasteiger partial charge in [-0.1, -0.05) is 6.07 Å². The van der Waals surface area contributed by atoms with Crippen LogP contribution in [0.25, 0.3) is 0 Å². The Morgan fingerprint density at radius 2 is 1.91 bits per heavy atom. The molecule has 1 amide bonds. The third-order valence-electron chi connectivity index (χ3n) is 6.40. The van der Waals surface area contributed by atoms with Gasteiger partial charge in [0.05, 0.1) is 12.2 Å². The highest BCUT2D eigenvalue weighted by molar-refractivity contribution is 5.94. The second-order valence-electron chi connectivity index (χ2n) is 8.53. The van der Waals surface area contributed by atoms with Gasteiger partial charge in [0.1, 0.15) is 17.8 Å². The smallest absolute Gasteiger partial charge is 0.395 e. The number of hydrogen-bond acceptors (Lipinski definition) is 6. The number of anilines is 1. The summed E-state index contributed by atoms with van der Waals surface area (Å²) in [6.45, 7) is 6.04. The third-order valence-corrected chi connectivity index (χ3v) is 6.40. The minimum absolute atomic E-state index is 0.0890. The van der Waals surface area contributed by atoms with E-state index in [0.29, 0.717) is 68.3 Å². The van der Waals surface area contributed by atoms with E-state index < -0.39 is 11.7 Å². The van der Waals surface area contributed by atoms with Crippen molar-refractivity contribution in [3.05, 3.63) is 52.5 Å². The molecule has 0 unspecified atom stereocenters. The van der Waals surface area contributed by atoms with Crippen LogP contribution < -0.4 is 4.90 Å². The van der Waals surface area contributed by atoms with E-state index >= 15 is 0 Å². The maximum atomic E-state index is 13.3. The van der Waals surface area contributed by atoms with E-state index in [4.69, 9.17) is 0 Å². The summed E-state index contributed by atoms with van der Waals surface area (Å²) in [6, 6.07) is 3.89. The molecule has 0 saturated carbocycles. The molecule has 1 saturated heterocycles. The highest BCUT2D eigenvalue weighted by atomic mass is 19.4. The van der Waals surface area contributed by atoms with Gasteiger partial charge in [-0.2, -0.15) is 13.2 Å². The Morgan fingerprint density at radius 1 is 1.09 bits per heavy atom. The first kappa shape index (κ1) is 23.4. The zero-order valence-corrected chi connectivity index (χ0v) is 18.6. The first-order valence-electron chi connectivity index (χ1n) is 11.2. The number of aliphatic hydroxyl groups is 1. The molecule has 4 rings (SSSR count). The van der Waals surface area contributed by atoms with E-state index in [1.54, 1.807) is 17.9 Å². The summed E-state index contributed by atoms with van der Waals surface area (Å²) in [7, 11) is 0. The molecule has 178 valence electrons. The van der Waals surface area contributed by atoms with Crippen molar-refractivity contribution in [2.75, 3.05) is 50.8 Å². The molecule has 10 heteroatoms. The van der Waals surface area contributed by atoms with Gasteiger partial charge in [0.15, 0.2) is 0 Å². The Kier molecular flexibility index (Phi) is 6.85. The van der Waals surface area contributed by atoms with Crippen LogP contribution in [-0.4, -0.2) is 76.7 Å². The van der Waals surface area contributed by atoms with Crippen molar-refractivity contribution in [2.24, 2.45) is 0 Å². The Bertz CT molecular complexity index is 1010. The fourth-order valence-electron chi connectivity index (χ4n) is 4.58. The summed E-state index contributed by atoms with van der Waals surface area (Å²) in [4.78, 5) is 27.7. The molecule has 7 nitrogen and oxygen atoms in total.